The maximum Gasteiger partial charge on any atom is 0.371 e. The minimum Gasteiger partial charge on any atom is -0.479 e. The predicted octanol–water partition coefficient (Wildman–Crippen LogP) is -3.58. The third-order valence-electron chi connectivity index (χ3n) is 2.71. The summed E-state index contributed by atoms with van der Waals surface area (Å²) in [5.41, 5.74) is 0. The van der Waals surface area contributed by atoms with Crippen LogP contribution in [-0.4, -0.2) is 77.7 Å². The van der Waals surface area contributed by atoms with Crippen molar-refractivity contribution >= 4 is 13.6 Å². The first-order chi connectivity index (χ1) is 8.09. The summed E-state index contributed by atoms with van der Waals surface area (Å²) in [5, 5.41) is 42.5. The smallest absolute Gasteiger partial charge is 0.371 e. The van der Waals surface area contributed by atoms with E-state index in [4.69, 9.17) is 20.0 Å². The average molecular weight is 288 g/mol. The quantitative estimate of drug-likeness (QED) is 0.256. The number of aliphatic hydroxyl groups excluding tert-OH is 4. The molecule has 18 heavy (non-hydrogen) atoms. The summed E-state index contributed by atoms with van der Waals surface area (Å²) in [5.74, 6) is -2.22. The van der Waals surface area contributed by atoms with Gasteiger partial charge in [0.25, 0.3) is 5.34 Å². The van der Waals surface area contributed by atoms with Crippen LogP contribution in [0.2, 0.25) is 0 Å². The number of carbonyl (C=O) groups is 1. The van der Waals surface area contributed by atoms with Gasteiger partial charge in [0.15, 0.2) is 0 Å². The minimum atomic E-state index is -5.55. The molecule has 10 nitrogen and oxygen atoms in total. The molecule has 7 N–H and O–H groups in total. The van der Waals surface area contributed by atoms with Gasteiger partial charge in [-0.1, -0.05) is 0 Å². The molecule has 0 spiro atoms. The molecule has 0 saturated carbocycles. The molecule has 106 valence electrons. The normalized spacial score (nSPS) is 41.7. The number of aliphatic hydroxyl groups is 4. The van der Waals surface area contributed by atoms with E-state index in [9.17, 15) is 24.7 Å². The van der Waals surface area contributed by atoms with Crippen molar-refractivity contribution in [2.75, 3.05) is 6.61 Å². The van der Waals surface area contributed by atoms with Crippen LogP contribution in [0.3, 0.4) is 0 Å². The average Bonchev–Trinajstić information content (AvgIpc) is 2.24. The Kier molecular flexibility index (Phi) is 4.16. The van der Waals surface area contributed by atoms with E-state index in [1.165, 1.54) is 0 Å². The van der Waals surface area contributed by atoms with Crippen molar-refractivity contribution in [3.63, 3.8) is 0 Å². The summed E-state index contributed by atoms with van der Waals surface area (Å²) < 4.78 is 15.7. The van der Waals surface area contributed by atoms with Crippen molar-refractivity contribution in [2.24, 2.45) is 0 Å². The summed E-state index contributed by atoms with van der Waals surface area (Å²) >= 11 is 0. The second kappa shape index (κ2) is 4.83. The Labute approximate surface area is 100 Å². The van der Waals surface area contributed by atoms with E-state index in [1.54, 1.807) is 0 Å². The van der Waals surface area contributed by atoms with E-state index in [0.29, 0.717) is 0 Å². The molecule has 1 aliphatic rings. The maximum absolute atomic E-state index is 11.2. The standard InChI is InChI=1S/C7H13O10P/c8-1-2-3(9)4(10)5(11)7(17-2,6(12)13)18(14,15)16/h2-5,8-11H,1H2,(H,12,13)(H2,14,15,16)/t2-,3+,4+,5-,7-/m1/s1. The first-order valence-electron chi connectivity index (χ1n) is 4.71. The minimum absolute atomic E-state index is 1.00. The number of carboxylic acids is 1. The molecule has 1 fully saturated rings. The molecule has 1 aliphatic heterocycles. The van der Waals surface area contributed by atoms with Crippen molar-refractivity contribution in [3.05, 3.63) is 0 Å². The van der Waals surface area contributed by atoms with Gasteiger partial charge in [-0.3, -0.25) is 4.57 Å². The molecule has 0 amide bonds. The Morgan fingerprint density at radius 2 is 1.72 bits per heavy atom. The van der Waals surface area contributed by atoms with Gasteiger partial charge in [0.2, 0.25) is 0 Å². The molecule has 11 heteroatoms. The first-order valence-corrected chi connectivity index (χ1v) is 6.32. The molecular weight excluding hydrogens is 275 g/mol. The number of hydrogen-bond donors (Lipinski definition) is 7. The molecule has 0 aliphatic carbocycles. The van der Waals surface area contributed by atoms with Crippen LogP contribution in [0.25, 0.3) is 0 Å². The predicted molar refractivity (Wildman–Crippen MR) is 52.4 cm³/mol. The lowest BCUT2D eigenvalue weighted by molar-refractivity contribution is -0.251. The van der Waals surface area contributed by atoms with Crippen molar-refractivity contribution in [2.45, 2.75) is 29.8 Å². The Balaban J connectivity index is 3.34. The molecule has 1 heterocycles. The zero-order chi connectivity index (χ0) is 14.3. The zero-order valence-corrected chi connectivity index (χ0v) is 9.71. The molecule has 1 saturated heterocycles. The molecule has 0 aromatic heterocycles. The Bertz CT molecular complexity index is 376. The topological polar surface area (TPSA) is 185 Å². The number of carboxylic acid groups (broad SMARTS) is 1. The fraction of sp³-hybridized carbons (Fsp3) is 0.857. The highest BCUT2D eigenvalue weighted by Gasteiger charge is 2.68. The Morgan fingerprint density at radius 3 is 2.06 bits per heavy atom. The van der Waals surface area contributed by atoms with Gasteiger partial charge in [-0.2, -0.15) is 0 Å². The van der Waals surface area contributed by atoms with E-state index in [0.717, 1.165) is 0 Å². The van der Waals surface area contributed by atoms with E-state index in [1.807, 2.05) is 0 Å². The monoisotopic (exact) mass is 288 g/mol. The first kappa shape index (κ1) is 15.5. The van der Waals surface area contributed by atoms with E-state index in [2.05, 4.69) is 4.74 Å². The lowest BCUT2D eigenvalue weighted by Crippen LogP contribution is -2.67. The Hall–Kier alpha value is -0.580. The van der Waals surface area contributed by atoms with Gasteiger partial charge < -0.3 is 40.1 Å². The summed E-state index contributed by atoms with van der Waals surface area (Å²) in [6.45, 7) is -1.00. The number of rotatable bonds is 3. The molecule has 0 aromatic rings. The van der Waals surface area contributed by atoms with Crippen LogP contribution in [0.15, 0.2) is 0 Å². The molecule has 0 aromatic carbocycles. The fourth-order valence-corrected chi connectivity index (χ4v) is 2.72. The zero-order valence-electron chi connectivity index (χ0n) is 8.82. The third kappa shape index (κ3) is 2.06. The summed E-state index contributed by atoms with van der Waals surface area (Å²) in [4.78, 5) is 29.0. The van der Waals surface area contributed by atoms with Gasteiger partial charge in [0.05, 0.1) is 6.61 Å². The highest BCUT2D eigenvalue weighted by Crippen LogP contribution is 2.56. The van der Waals surface area contributed by atoms with Crippen LogP contribution in [-0.2, 0) is 14.1 Å². The van der Waals surface area contributed by atoms with Crippen molar-refractivity contribution < 1.29 is 49.4 Å². The van der Waals surface area contributed by atoms with Crippen LogP contribution < -0.4 is 0 Å². The van der Waals surface area contributed by atoms with E-state index in [-0.39, 0.29) is 0 Å². The van der Waals surface area contributed by atoms with Gasteiger partial charge in [0.1, 0.15) is 24.4 Å². The largest absolute Gasteiger partial charge is 0.479 e. The van der Waals surface area contributed by atoms with Crippen molar-refractivity contribution in [3.8, 4) is 0 Å². The van der Waals surface area contributed by atoms with E-state index < -0.39 is 49.9 Å². The lowest BCUT2D eigenvalue weighted by atomic mass is 9.94. The van der Waals surface area contributed by atoms with Crippen molar-refractivity contribution in [1.82, 2.24) is 0 Å². The summed E-state index contributed by atoms with van der Waals surface area (Å²) in [6, 6.07) is 0. The molecule has 1 rings (SSSR count). The summed E-state index contributed by atoms with van der Waals surface area (Å²) in [7, 11) is -5.55. The second-order valence-corrected chi connectivity index (χ2v) is 5.56. The molecule has 0 bridgehead atoms. The number of hydrogen-bond acceptors (Lipinski definition) is 7. The van der Waals surface area contributed by atoms with Gasteiger partial charge in [-0.05, 0) is 0 Å². The molecule has 5 atom stereocenters. The van der Waals surface area contributed by atoms with Gasteiger partial charge in [-0.15, -0.1) is 0 Å². The van der Waals surface area contributed by atoms with Gasteiger partial charge in [-0.25, -0.2) is 4.79 Å². The molecular formula is C7H13O10P. The lowest BCUT2D eigenvalue weighted by Gasteiger charge is -2.45. The second-order valence-electron chi connectivity index (χ2n) is 3.81. The highest BCUT2D eigenvalue weighted by molar-refractivity contribution is 7.54. The third-order valence-corrected chi connectivity index (χ3v) is 4.13. The van der Waals surface area contributed by atoms with Crippen molar-refractivity contribution in [1.29, 1.82) is 0 Å². The fourth-order valence-electron chi connectivity index (χ4n) is 1.70. The van der Waals surface area contributed by atoms with Crippen LogP contribution in [0.4, 0.5) is 0 Å². The molecule has 0 radical (unpaired) electrons. The SMILES string of the molecule is O=C(O)[C@@]1(P(=O)(O)O)O[C@H](CO)[C@H](O)[C@H](O)[C@H]1O. The maximum atomic E-state index is 11.2. The number of aliphatic carboxylic acids is 1. The summed E-state index contributed by atoms with van der Waals surface area (Å²) in [6.07, 6.45) is -8.40. The molecule has 0 unspecified atom stereocenters. The van der Waals surface area contributed by atoms with Crippen LogP contribution in [0.5, 0.6) is 0 Å². The van der Waals surface area contributed by atoms with Crippen LogP contribution in [0.1, 0.15) is 0 Å². The van der Waals surface area contributed by atoms with Crippen LogP contribution in [0, 0.1) is 0 Å². The van der Waals surface area contributed by atoms with Crippen LogP contribution >= 0.6 is 7.60 Å². The Morgan fingerprint density at radius 1 is 1.22 bits per heavy atom. The highest BCUT2D eigenvalue weighted by atomic mass is 31.2. The van der Waals surface area contributed by atoms with E-state index >= 15 is 0 Å². The van der Waals surface area contributed by atoms with Gasteiger partial charge in [0, 0.05) is 0 Å². The van der Waals surface area contributed by atoms with Gasteiger partial charge >= 0.3 is 13.6 Å². The number of ether oxygens (including phenoxy) is 1.